The Morgan fingerprint density at radius 3 is 2.50 bits per heavy atom. The highest BCUT2D eigenvalue weighted by Gasteiger charge is 2.13. The third-order valence-corrected chi connectivity index (χ3v) is 1.89. The standard InChI is InChI=1S/C5H5NO3S/c1-2-3(5(8)9)4(7)6-10-2/h1H3,(H,6,7)(H,8,9). The minimum Gasteiger partial charge on any atom is -0.477 e. The summed E-state index contributed by atoms with van der Waals surface area (Å²) in [6.07, 6.45) is 0. The number of aromatic nitrogens is 1. The van der Waals surface area contributed by atoms with Crippen LogP contribution in [-0.2, 0) is 0 Å². The normalized spacial score (nSPS) is 9.70. The van der Waals surface area contributed by atoms with Crippen molar-refractivity contribution >= 4 is 17.5 Å². The number of carboxylic acids is 1. The van der Waals surface area contributed by atoms with Crippen LogP contribution in [0.25, 0.3) is 0 Å². The fourth-order valence-electron chi connectivity index (χ4n) is 0.633. The van der Waals surface area contributed by atoms with Gasteiger partial charge in [0.05, 0.1) is 0 Å². The van der Waals surface area contributed by atoms with E-state index >= 15 is 0 Å². The van der Waals surface area contributed by atoms with Crippen LogP contribution in [0.15, 0.2) is 4.79 Å². The molecule has 0 saturated carbocycles. The van der Waals surface area contributed by atoms with Crippen LogP contribution in [0.1, 0.15) is 15.2 Å². The quantitative estimate of drug-likeness (QED) is 0.624. The maximum Gasteiger partial charge on any atom is 0.342 e. The Labute approximate surface area is 60.3 Å². The summed E-state index contributed by atoms with van der Waals surface area (Å²) in [6.45, 7) is 1.59. The number of aromatic carboxylic acids is 1. The van der Waals surface area contributed by atoms with Crippen molar-refractivity contribution in [2.75, 3.05) is 0 Å². The van der Waals surface area contributed by atoms with Crippen LogP contribution in [0.3, 0.4) is 0 Å². The van der Waals surface area contributed by atoms with Crippen molar-refractivity contribution in [3.8, 4) is 0 Å². The first kappa shape index (κ1) is 7.01. The number of carboxylic acid groups (broad SMARTS) is 1. The number of aryl methyl sites for hydroxylation is 1. The predicted octanol–water partition coefficient (Wildman–Crippen LogP) is 0.443. The van der Waals surface area contributed by atoms with Gasteiger partial charge in [0.25, 0.3) is 5.56 Å². The zero-order chi connectivity index (χ0) is 7.72. The Morgan fingerprint density at radius 1 is 1.70 bits per heavy atom. The zero-order valence-electron chi connectivity index (χ0n) is 5.17. The third-order valence-electron chi connectivity index (χ3n) is 1.09. The van der Waals surface area contributed by atoms with E-state index in [2.05, 4.69) is 4.37 Å². The molecule has 5 heteroatoms. The number of H-pyrrole nitrogens is 1. The fourth-order valence-corrected chi connectivity index (χ4v) is 1.26. The number of aromatic amines is 1. The van der Waals surface area contributed by atoms with Gasteiger partial charge in [0.1, 0.15) is 5.56 Å². The van der Waals surface area contributed by atoms with Gasteiger partial charge in [-0.05, 0) is 6.92 Å². The van der Waals surface area contributed by atoms with E-state index in [1.165, 1.54) is 0 Å². The molecule has 0 aliphatic heterocycles. The first-order valence-electron chi connectivity index (χ1n) is 2.54. The van der Waals surface area contributed by atoms with Crippen LogP contribution in [0.4, 0.5) is 0 Å². The van der Waals surface area contributed by atoms with Gasteiger partial charge < -0.3 is 5.11 Å². The highest BCUT2D eigenvalue weighted by molar-refractivity contribution is 7.06. The number of carbonyl (C=O) groups is 1. The fraction of sp³-hybridized carbons (Fsp3) is 0.200. The number of hydrogen-bond donors (Lipinski definition) is 2. The average Bonchev–Trinajstić information content (AvgIpc) is 2.11. The van der Waals surface area contributed by atoms with Crippen molar-refractivity contribution in [3.05, 3.63) is 20.8 Å². The van der Waals surface area contributed by atoms with E-state index in [1.807, 2.05) is 0 Å². The number of rotatable bonds is 1. The summed E-state index contributed by atoms with van der Waals surface area (Å²) in [4.78, 5) is 21.5. The van der Waals surface area contributed by atoms with E-state index in [-0.39, 0.29) is 5.56 Å². The Morgan fingerprint density at radius 2 is 2.30 bits per heavy atom. The van der Waals surface area contributed by atoms with Gasteiger partial charge >= 0.3 is 5.97 Å². The van der Waals surface area contributed by atoms with Gasteiger partial charge in [0, 0.05) is 4.88 Å². The molecule has 2 N–H and O–H groups in total. The molecule has 0 saturated heterocycles. The number of nitrogens with one attached hydrogen (secondary N) is 1. The molecule has 0 fully saturated rings. The van der Waals surface area contributed by atoms with Gasteiger partial charge in [-0.15, -0.1) is 0 Å². The molecule has 1 heterocycles. The van der Waals surface area contributed by atoms with Crippen LogP contribution in [0, 0.1) is 6.92 Å². The molecule has 0 radical (unpaired) electrons. The van der Waals surface area contributed by atoms with Crippen LogP contribution in [-0.4, -0.2) is 15.4 Å². The molecule has 0 aromatic carbocycles. The molecule has 1 rings (SSSR count). The summed E-state index contributed by atoms with van der Waals surface area (Å²) in [6, 6.07) is 0. The third kappa shape index (κ3) is 0.950. The van der Waals surface area contributed by atoms with Crippen LogP contribution in [0.5, 0.6) is 0 Å². The largest absolute Gasteiger partial charge is 0.477 e. The van der Waals surface area contributed by atoms with Gasteiger partial charge in [-0.1, -0.05) is 11.5 Å². The van der Waals surface area contributed by atoms with E-state index in [0.29, 0.717) is 4.88 Å². The summed E-state index contributed by atoms with van der Waals surface area (Å²) < 4.78 is 2.32. The van der Waals surface area contributed by atoms with Crippen molar-refractivity contribution in [2.45, 2.75) is 6.92 Å². The molecule has 0 bridgehead atoms. The first-order valence-corrected chi connectivity index (χ1v) is 3.36. The molecule has 10 heavy (non-hydrogen) atoms. The van der Waals surface area contributed by atoms with Crippen molar-refractivity contribution in [3.63, 3.8) is 0 Å². The van der Waals surface area contributed by atoms with Crippen LogP contribution < -0.4 is 5.56 Å². The smallest absolute Gasteiger partial charge is 0.342 e. The molecular formula is C5H5NO3S. The molecule has 0 unspecified atom stereocenters. The summed E-state index contributed by atoms with van der Waals surface area (Å²) in [5.74, 6) is -1.17. The van der Waals surface area contributed by atoms with Crippen molar-refractivity contribution in [2.24, 2.45) is 0 Å². The minimum absolute atomic E-state index is 0.148. The van der Waals surface area contributed by atoms with Gasteiger partial charge in [0.15, 0.2) is 0 Å². The van der Waals surface area contributed by atoms with Crippen molar-refractivity contribution in [1.82, 2.24) is 4.37 Å². The van der Waals surface area contributed by atoms with Gasteiger partial charge in [0.2, 0.25) is 0 Å². The lowest BCUT2D eigenvalue weighted by Crippen LogP contribution is -2.12. The van der Waals surface area contributed by atoms with E-state index in [4.69, 9.17) is 5.11 Å². The predicted molar refractivity (Wildman–Crippen MR) is 36.6 cm³/mol. The molecule has 0 spiro atoms. The molecule has 0 aliphatic rings. The molecule has 0 amide bonds. The molecule has 1 aromatic rings. The van der Waals surface area contributed by atoms with Crippen molar-refractivity contribution < 1.29 is 9.90 Å². The highest BCUT2D eigenvalue weighted by atomic mass is 32.1. The van der Waals surface area contributed by atoms with E-state index in [1.54, 1.807) is 6.92 Å². The molecule has 4 nitrogen and oxygen atoms in total. The Kier molecular flexibility index (Phi) is 1.58. The van der Waals surface area contributed by atoms with Gasteiger partial charge in [-0.25, -0.2) is 4.79 Å². The molecule has 1 aromatic heterocycles. The SMILES string of the molecule is Cc1s[nH]c(=O)c1C(=O)O. The maximum absolute atomic E-state index is 10.7. The number of hydrogen-bond acceptors (Lipinski definition) is 3. The average molecular weight is 159 g/mol. The lowest BCUT2D eigenvalue weighted by Gasteiger charge is -1.83. The van der Waals surface area contributed by atoms with Gasteiger partial charge in [-0.2, -0.15) is 0 Å². The Hall–Kier alpha value is -1.10. The molecule has 0 aliphatic carbocycles. The van der Waals surface area contributed by atoms with Crippen LogP contribution in [0.2, 0.25) is 0 Å². The lowest BCUT2D eigenvalue weighted by molar-refractivity contribution is 0.0695. The van der Waals surface area contributed by atoms with Gasteiger partial charge in [-0.3, -0.25) is 9.17 Å². The monoisotopic (exact) mass is 159 g/mol. The minimum atomic E-state index is -1.17. The summed E-state index contributed by atoms with van der Waals surface area (Å²) in [5, 5.41) is 8.42. The topological polar surface area (TPSA) is 70.2 Å². The van der Waals surface area contributed by atoms with Crippen LogP contribution >= 0.6 is 11.5 Å². The second kappa shape index (κ2) is 2.26. The zero-order valence-corrected chi connectivity index (χ0v) is 5.99. The Bertz CT molecular complexity index is 311. The highest BCUT2D eigenvalue weighted by Crippen LogP contribution is 2.05. The summed E-state index contributed by atoms with van der Waals surface area (Å²) in [7, 11) is 0. The Balaban J connectivity index is 3.37. The van der Waals surface area contributed by atoms with Crippen molar-refractivity contribution in [1.29, 1.82) is 0 Å². The molecular weight excluding hydrogens is 154 g/mol. The van der Waals surface area contributed by atoms with E-state index < -0.39 is 11.5 Å². The molecule has 54 valence electrons. The van der Waals surface area contributed by atoms with E-state index in [9.17, 15) is 9.59 Å². The first-order chi connectivity index (χ1) is 4.63. The second-order valence-corrected chi connectivity index (χ2v) is 2.79. The second-order valence-electron chi connectivity index (χ2n) is 1.77. The van der Waals surface area contributed by atoms with E-state index in [0.717, 1.165) is 11.5 Å². The summed E-state index contributed by atoms with van der Waals surface area (Å²) >= 11 is 1.04. The maximum atomic E-state index is 10.7. The summed E-state index contributed by atoms with van der Waals surface area (Å²) in [5.41, 5.74) is -0.667. The lowest BCUT2D eigenvalue weighted by atomic mass is 10.3. The molecule has 0 atom stereocenters.